The SMILES string of the molecule is CC1CSCCN1c1nc[nH]c(=O)c1Cl. The highest BCUT2D eigenvalue weighted by Crippen LogP contribution is 2.25. The van der Waals surface area contributed by atoms with Crippen molar-refractivity contribution in [1.82, 2.24) is 9.97 Å². The molecule has 1 aliphatic heterocycles. The van der Waals surface area contributed by atoms with Gasteiger partial charge in [-0.3, -0.25) is 4.79 Å². The van der Waals surface area contributed by atoms with E-state index >= 15 is 0 Å². The fourth-order valence-electron chi connectivity index (χ4n) is 1.62. The molecule has 0 bridgehead atoms. The van der Waals surface area contributed by atoms with Gasteiger partial charge in [0.15, 0.2) is 5.82 Å². The lowest BCUT2D eigenvalue weighted by molar-refractivity contribution is 0.688. The van der Waals surface area contributed by atoms with Crippen LogP contribution in [0.25, 0.3) is 0 Å². The van der Waals surface area contributed by atoms with Gasteiger partial charge in [0, 0.05) is 24.1 Å². The number of anilines is 1. The predicted octanol–water partition coefficient (Wildman–Crippen LogP) is 1.36. The third-order valence-corrected chi connectivity index (χ3v) is 3.95. The van der Waals surface area contributed by atoms with Crippen molar-refractivity contribution in [3.8, 4) is 0 Å². The highest BCUT2D eigenvalue weighted by molar-refractivity contribution is 7.99. The maximum Gasteiger partial charge on any atom is 0.271 e. The molecule has 1 aromatic rings. The van der Waals surface area contributed by atoms with Crippen molar-refractivity contribution in [3.05, 3.63) is 21.7 Å². The minimum absolute atomic E-state index is 0.191. The molecule has 15 heavy (non-hydrogen) atoms. The van der Waals surface area contributed by atoms with Crippen molar-refractivity contribution in [2.75, 3.05) is 23.0 Å². The van der Waals surface area contributed by atoms with E-state index in [1.54, 1.807) is 0 Å². The molecular weight excluding hydrogens is 234 g/mol. The Morgan fingerprint density at radius 1 is 1.73 bits per heavy atom. The summed E-state index contributed by atoms with van der Waals surface area (Å²) in [4.78, 5) is 20.0. The molecule has 1 aromatic heterocycles. The number of rotatable bonds is 1. The van der Waals surface area contributed by atoms with Gasteiger partial charge in [-0.2, -0.15) is 11.8 Å². The predicted molar refractivity (Wildman–Crippen MR) is 64.0 cm³/mol. The molecule has 2 heterocycles. The van der Waals surface area contributed by atoms with E-state index in [-0.39, 0.29) is 10.6 Å². The van der Waals surface area contributed by atoms with Crippen molar-refractivity contribution in [2.24, 2.45) is 0 Å². The Bertz CT molecular complexity index is 409. The first-order chi connectivity index (χ1) is 7.20. The van der Waals surface area contributed by atoms with Crippen LogP contribution in [0.5, 0.6) is 0 Å². The van der Waals surface area contributed by atoms with Crippen LogP contribution in [0.2, 0.25) is 5.02 Å². The van der Waals surface area contributed by atoms with E-state index in [0.29, 0.717) is 11.9 Å². The lowest BCUT2D eigenvalue weighted by Gasteiger charge is -2.34. The molecular formula is C9H12ClN3OS. The van der Waals surface area contributed by atoms with Gasteiger partial charge in [-0.25, -0.2) is 4.98 Å². The number of nitrogens with zero attached hydrogens (tertiary/aromatic N) is 2. The van der Waals surface area contributed by atoms with Crippen LogP contribution >= 0.6 is 23.4 Å². The normalized spacial score (nSPS) is 21.7. The van der Waals surface area contributed by atoms with E-state index in [0.717, 1.165) is 18.1 Å². The Morgan fingerprint density at radius 2 is 2.53 bits per heavy atom. The Hall–Kier alpha value is -0.680. The molecule has 0 spiro atoms. The lowest BCUT2D eigenvalue weighted by Crippen LogP contribution is -2.41. The Balaban J connectivity index is 2.35. The summed E-state index contributed by atoms with van der Waals surface area (Å²) in [5.41, 5.74) is -0.271. The summed E-state index contributed by atoms with van der Waals surface area (Å²) < 4.78 is 0. The quantitative estimate of drug-likeness (QED) is 0.812. The van der Waals surface area contributed by atoms with E-state index in [4.69, 9.17) is 11.6 Å². The van der Waals surface area contributed by atoms with Gasteiger partial charge < -0.3 is 9.88 Å². The summed E-state index contributed by atoms with van der Waals surface area (Å²) in [6, 6.07) is 0.371. The van der Waals surface area contributed by atoms with E-state index in [9.17, 15) is 4.79 Å². The summed E-state index contributed by atoms with van der Waals surface area (Å²) in [5, 5.41) is 0.191. The lowest BCUT2D eigenvalue weighted by atomic mass is 10.3. The van der Waals surface area contributed by atoms with Crippen molar-refractivity contribution in [3.63, 3.8) is 0 Å². The Kier molecular flexibility index (Phi) is 3.21. The van der Waals surface area contributed by atoms with E-state index in [1.807, 2.05) is 11.8 Å². The molecule has 0 amide bonds. The highest BCUT2D eigenvalue weighted by atomic mass is 35.5. The Morgan fingerprint density at radius 3 is 3.27 bits per heavy atom. The van der Waals surface area contributed by atoms with Gasteiger partial charge in [-0.15, -0.1) is 0 Å². The molecule has 1 atom stereocenters. The summed E-state index contributed by atoms with van der Waals surface area (Å²) in [6.45, 7) is 3.01. The second-order valence-corrected chi connectivity index (χ2v) is 5.01. The van der Waals surface area contributed by atoms with E-state index in [2.05, 4.69) is 21.8 Å². The van der Waals surface area contributed by atoms with Gasteiger partial charge in [-0.1, -0.05) is 11.6 Å². The van der Waals surface area contributed by atoms with Crippen LogP contribution in [0.15, 0.2) is 11.1 Å². The average Bonchev–Trinajstić information content (AvgIpc) is 2.23. The molecule has 82 valence electrons. The molecule has 0 saturated carbocycles. The van der Waals surface area contributed by atoms with E-state index in [1.165, 1.54) is 6.33 Å². The smallest absolute Gasteiger partial charge is 0.271 e. The average molecular weight is 246 g/mol. The van der Waals surface area contributed by atoms with Gasteiger partial charge in [0.2, 0.25) is 0 Å². The topological polar surface area (TPSA) is 49.0 Å². The first-order valence-corrected chi connectivity index (χ1v) is 6.31. The van der Waals surface area contributed by atoms with Gasteiger partial charge in [0.1, 0.15) is 5.02 Å². The van der Waals surface area contributed by atoms with Crippen LogP contribution in [0.3, 0.4) is 0 Å². The molecule has 0 aromatic carbocycles. The van der Waals surface area contributed by atoms with Crippen LogP contribution < -0.4 is 10.5 Å². The monoisotopic (exact) mass is 245 g/mol. The molecule has 0 radical (unpaired) electrons. The third kappa shape index (κ3) is 2.13. The minimum Gasteiger partial charge on any atom is -0.351 e. The summed E-state index contributed by atoms with van der Waals surface area (Å²) >= 11 is 7.85. The van der Waals surface area contributed by atoms with Crippen molar-refractivity contribution in [1.29, 1.82) is 0 Å². The van der Waals surface area contributed by atoms with Crippen LogP contribution in [-0.4, -0.2) is 34.1 Å². The molecule has 4 nitrogen and oxygen atoms in total. The molecule has 1 N–H and O–H groups in total. The molecule has 6 heteroatoms. The fraction of sp³-hybridized carbons (Fsp3) is 0.556. The van der Waals surface area contributed by atoms with Crippen LogP contribution in [0.4, 0.5) is 5.82 Å². The molecule has 1 unspecified atom stereocenters. The number of halogens is 1. The molecule has 1 fully saturated rings. The zero-order valence-corrected chi connectivity index (χ0v) is 9.94. The third-order valence-electron chi connectivity index (χ3n) is 2.42. The summed E-state index contributed by atoms with van der Waals surface area (Å²) in [7, 11) is 0. The number of H-pyrrole nitrogens is 1. The number of hydrogen-bond donors (Lipinski definition) is 1. The molecule has 0 aliphatic carbocycles. The van der Waals surface area contributed by atoms with E-state index < -0.39 is 0 Å². The second kappa shape index (κ2) is 4.45. The van der Waals surface area contributed by atoms with Crippen LogP contribution in [0.1, 0.15) is 6.92 Å². The fourth-order valence-corrected chi connectivity index (χ4v) is 2.84. The van der Waals surface area contributed by atoms with Gasteiger partial charge in [0.25, 0.3) is 5.56 Å². The summed E-state index contributed by atoms with van der Waals surface area (Å²) in [5.74, 6) is 2.70. The number of thioether (sulfide) groups is 1. The van der Waals surface area contributed by atoms with Crippen LogP contribution in [-0.2, 0) is 0 Å². The van der Waals surface area contributed by atoms with Crippen molar-refractivity contribution >= 4 is 29.2 Å². The molecule has 1 aliphatic rings. The zero-order chi connectivity index (χ0) is 10.8. The molecule has 1 saturated heterocycles. The van der Waals surface area contributed by atoms with Crippen LogP contribution in [0, 0.1) is 0 Å². The highest BCUT2D eigenvalue weighted by Gasteiger charge is 2.22. The van der Waals surface area contributed by atoms with Gasteiger partial charge in [0.05, 0.1) is 6.33 Å². The zero-order valence-electron chi connectivity index (χ0n) is 8.36. The maximum atomic E-state index is 11.3. The number of hydrogen-bond acceptors (Lipinski definition) is 4. The first kappa shape index (κ1) is 10.8. The van der Waals surface area contributed by atoms with Gasteiger partial charge >= 0.3 is 0 Å². The van der Waals surface area contributed by atoms with Gasteiger partial charge in [-0.05, 0) is 6.92 Å². The summed E-state index contributed by atoms with van der Waals surface area (Å²) in [6.07, 6.45) is 1.40. The number of aromatic amines is 1. The minimum atomic E-state index is -0.271. The second-order valence-electron chi connectivity index (χ2n) is 3.49. The van der Waals surface area contributed by atoms with Crippen molar-refractivity contribution in [2.45, 2.75) is 13.0 Å². The number of nitrogens with one attached hydrogen (secondary N) is 1. The van der Waals surface area contributed by atoms with Crippen molar-refractivity contribution < 1.29 is 0 Å². The standard InChI is InChI=1S/C9H12ClN3OS/c1-6-4-15-3-2-13(6)8-7(10)9(14)12-5-11-8/h5-6H,2-4H2,1H3,(H,11,12,14). The molecule has 2 rings (SSSR count). The largest absolute Gasteiger partial charge is 0.351 e. The number of aromatic nitrogens is 2. The maximum absolute atomic E-state index is 11.3. The first-order valence-electron chi connectivity index (χ1n) is 4.77. The Labute approximate surface area is 97.0 Å².